The van der Waals surface area contributed by atoms with Gasteiger partial charge in [-0.05, 0) is 19.8 Å². The number of carbonyl (C=O) groups is 1. The molecule has 0 aliphatic rings. The fourth-order valence-electron chi connectivity index (χ4n) is 1.24. The number of aromatic nitrogens is 1. The molecule has 1 aromatic heterocycles. The van der Waals surface area contributed by atoms with Gasteiger partial charge in [0, 0.05) is 19.3 Å². The summed E-state index contributed by atoms with van der Waals surface area (Å²) >= 11 is 5.52. The Morgan fingerprint density at radius 2 is 2.20 bits per heavy atom. The average Bonchev–Trinajstić information content (AvgIpc) is 2.52. The minimum Gasteiger partial charge on any atom is -0.436 e. The van der Waals surface area contributed by atoms with E-state index in [1.807, 2.05) is 0 Å². The summed E-state index contributed by atoms with van der Waals surface area (Å²) in [5, 5.41) is 2.76. The molecule has 1 aromatic rings. The zero-order valence-electron chi connectivity index (χ0n) is 8.97. The van der Waals surface area contributed by atoms with Gasteiger partial charge in [-0.3, -0.25) is 4.79 Å². The number of rotatable bonds is 5. The maximum atomic E-state index is 11.6. The van der Waals surface area contributed by atoms with Gasteiger partial charge in [0.2, 0.25) is 5.76 Å². The fourth-order valence-corrected chi connectivity index (χ4v) is 1.43. The molecule has 1 heterocycles. The molecule has 84 valence electrons. The molecule has 0 spiro atoms. The summed E-state index contributed by atoms with van der Waals surface area (Å²) in [5.41, 5.74) is 0.627. The van der Waals surface area contributed by atoms with E-state index in [2.05, 4.69) is 10.3 Å². The molecule has 1 N–H and O–H groups in total. The van der Waals surface area contributed by atoms with Crippen molar-refractivity contribution in [1.29, 1.82) is 0 Å². The lowest BCUT2D eigenvalue weighted by molar-refractivity contribution is 0.0923. The Hall–Kier alpha value is -1.03. The number of halogens is 1. The molecule has 1 rings (SSSR count). The number of aryl methyl sites for hydroxylation is 2. The van der Waals surface area contributed by atoms with Crippen molar-refractivity contribution in [2.24, 2.45) is 0 Å². The summed E-state index contributed by atoms with van der Waals surface area (Å²) in [4.78, 5) is 15.6. The minimum absolute atomic E-state index is 0.206. The van der Waals surface area contributed by atoms with Gasteiger partial charge in [0.25, 0.3) is 5.91 Å². The van der Waals surface area contributed by atoms with E-state index in [4.69, 9.17) is 16.0 Å². The Morgan fingerprint density at radius 1 is 1.47 bits per heavy atom. The topological polar surface area (TPSA) is 55.1 Å². The number of amides is 1. The van der Waals surface area contributed by atoms with Gasteiger partial charge in [-0.2, -0.15) is 0 Å². The molecule has 4 nitrogen and oxygen atoms in total. The van der Waals surface area contributed by atoms with Crippen molar-refractivity contribution in [3.05, 3.63) is 17.3 Å². The maximum absolute atomic E-state index is 11.6. The van der Waals surface area contributed by atoms with Crippen LogP contribution < -0.4 is 5.32 Å². The second kappa shape index (κ2) is 5.75. The molecule has 0 aliphatic heterocycles. The molecule has 15 heavy (non-hydrogen) atoms. The smallest absolute Gasteiger partial charge is 0.289 e. The van der Waals surface area contributed by atoms with E-state index in [0.29, 0.717) is 29.8 Å². The first-order valence-corrected chi connectivity index (χ1v) is 5.46. The van der Waals surface area contributed by atoms with Gasteiger partial charge in [0.15, 0.2) is 5.89 Å². The van der Waals surface area contributed by atoms with Crippen LogP contribution in [0, 0.1) is 13.8 Å². The highest BCUT2D eigenvalue weighted by Gasteiger charge is 2.14. The number of oxazole rings is 1. The van der Waals surface area contributed by atoms with Gasteiger partial charge in [0.1, 0.15) is 0 Å². The summed E-state index contributed by atoms with van der Waals surface area (Å²) < 4.78 is 5.18. The van der Waals surface area contributed by atoms with Crippen LogP contribution in [0.25, 0.3) is 0 Å². The number of unbranched alkanes of at least 4 members (excludes halogenated alkanes) is 1. The van der Waals surface area contributed by atoms with E-state index >= 15 is 0 Å². The van der Waals surface area contributed by atoms with Gasteiger partial charge < -0.3 is 9.73 Å². The summed E-state index contributed by atoms with van der Waals surface area (Å²) in [6.07, 6.45) is 1.78. The number of hydrogen-bond donors (Lipinski definition) is 1. The van der Waals surface area contributed by atoms with Crippen molar-refractivity contribution in [2.45, 2.75) is 26.7 Å². The van der Waals surface area contributed by atoms with Crippen LogP contribution in [0.3, 0.4) is 0 Å². The lowest BCUT2D eigenvalue weighted by Gasteiger charge is -2.01. The van der Waals surface area contributed by atoms with Crippen LogP contribution >= 0.6 is 11.6 Å². The molecule has 0 fully saturated rings. The monoisotopic (exact) mass is 230 g/mol. The third kappa shape index (κ3) is 3.55. The van der Waals surface area contributed by atoms with Gasteiger partial charge in [0.05, 0.1) is 5.69 Å². The van der Waals surface area contributed by atoms with Crippen molar-refractivity contribution in [3.63, 3.8) is 0 Å². The first kappa shape index (κ1) is 12.0. The molecule has 5 heteroatoms. The predicted molar refractivity (Wildman–Crippen MR) is 58.3 cm³/mol. The van der Waals surface area contributed by atoms with Crippen molar-refractivity contribution in [1.82, 2.24) is 10.3 Å². The Kier molecular flexibility index (Phi) is 4.62. The molecule has 0 radical (unpaired) electrons. The standard InChI is InChI=1S/C10H15ClN2O2/c1-7-9(15-8(2)13-7)10(14)12-6-4-3-5-11/h3-6H2,1-2H3,(H,12,14). The van der Waals surface area contributed by atoms with E-state index < -0.39 is 0 Å². The second-order valence-electron chi connectivity index (χ2n) is 3.30. The summed E-state index contributed by atoms with van der Waals surface area (Å²) in [6, 6.07) is 0. The lowest BCUT2D eigenvalue weighted by atomic mass is 10.3. The summed E-state index contributed by atoms with van der Waals surface area (Å²) in [6.45, 7) is 4.09. The highest BCUT2D eigenvalue weighted by Crippen LogP contribution is 2.08. The Bertz CT molecular complexity index is 336. The Morgan fingerprint density at radius 3 is 2.73 bits per heavy atom. The third-order valence-corrected chi connectivity index (χ3v) is 2.22. The number of hydrogen-bond acceptors (Lipinski definition) is 3. The molecule has 0 saturated heterocycles. The number of nitrogens with one attached hydrogen (secondary N) is 1. The average molecular weight is 231 g/mol. The van der Waals surface area contributed by atoms with Gasteiger partial charge in [-0.25, -0.2) is 4.98 Å². The molecule has 0 saturated carbocycles. The van der Waals surface area contributed by atoms with Crippen molar-refractivity contribution in [3.8, 4) is 0 Å². The Labute approximate surface area is 94.0 Å². The number of carbonyl (C=O) groups excluding carboxylic acids is 1. The van der Waals surface area contributed by atoms with E-state index in [1.54, 1.807) is 13.8 Å². The molecule has 0 aromatic carbocycles. The van der Waals surface area contributed by atoms with E-state index in [-0.39, 0.29) is 5.91 Å². The minimum atomic E-state index is -0.206. The normalized spacial score (nSPS) is 10.3. The Balaban J connectivity index is 2.43. The van der Waals surface area contributed by atoms with E-state index in [0.717, 1.165) is 12.8 Å². The molecule has 0 atom stereocenters. The molecule has 1 amide bonds. The third-order valence-electron chi connectivity index (χ3n) is 1.96. The number of nitrogens with zero attached hydrogens (tertiary/aromatic N) is 1. The molecule has 0 bridgehead atoms. The van der Waals surface area contributed by atoms with Crippen molar-refractivity contribution >= 4 is 17.5 Å². The van der Waals surface area contributed by atoms with Crippen LogP contribution in [0.15, 0.2) is 4.42 Å². The zero-order valence-corrected chi connectivity index (χ0v) is 9.73. The highest BCUT2D eigenvalue weighted by molar-refractivity contribution is 6.17. The van der Waals surface area contributed by atoms with Crippen LogP contribution in [0.1, 0.15) is 35.0 Å². The van der Waals surface area contributed by atoms with Crippen LogP contribution in [0.4, 0.5) is 0 Å². The molecule has 0 unspecified atom stereocenters. The molecular weight excluding hydrogens is 216 g/mol. The predicted octanol–water partition coefficient (Wildman–Crippen LogP) is 2.04. The van der Waals surface area contributed by atoms with Crippen molar-refractivity contribution < 1.29 is 9.21 Å². The quantitative estimate of drug-likeness (QED) is 0.622. The lowest BCUT2D eigenvalue weighted by Crippen LogP contribution is -2.24. The first-order valence-electron chi connectivity index (χ1n) is 4.93. The first-order chi connectivity index (χ1) is 7.15. The van der Waals surface area contributed by atoms with Crippen LogP contribution in [0.2, 0.25) is 0 Å². The van der Waals surface area contributed by atoms with Gasteiger partial charge in [-0.15, -0.1) is 11.6 Å². The number of alkyl halides is 1. The van der Waals surface area contributed by atoms with Gasteiger partial charge in [-0.1, -0.05) is 0 Å². The highest BCUT2D eigenvalue weighted by atomic mass is 35.5. The van der Waals surface area contributed by atoms with Crippen LogP contribution in [0.5, 0.6) is 0 Å². The second-order valence-corrected chi connectivity index (χ2v) is 3.68. The molecular formula is C10H15ClN2O2. The zero-order chi connectivity index (χ0) is 11.3. The van der Waals surface area contributed by atoms with Crippen molar-refractivity contribution in [2.75, 3.05) is 12.4 Å². The largest absolute Gasteiger partial charge is 0.436 e. The van der Waals surface area contributed by atoms with E-state index in [9.17, 15) is 4.79 Å². The van der Waals surface area contributed by atoms with Crippen LogP contribution in [-0.4, -0.2) is 23.3 Å². The van der Waals surface area contributed by atoms with Crippen LogP contribution in [-0.2, 0) is 0 Å². The maximum Gasteiger partial charge on any atom is 0.289 e. The summed E-state index contributed by atoms with van der Waals surface area (Å²) in [7, 11) is 0. The fraction of sp³-hybridized carbons (Fsp3) is 0.600. The summed E-state index contributed by atoms with van der Waals surface area (Å²) in [5.74, 6) is 1.23. The SMILES string of the molecule is Cc1nc(C)c(C(=O)NCCCCCl)o1. The van der Waals surface area contributed by atoms with E-state index in [1.165, 1.54) is 0 Å². The van der Waals surface area contributed by atoms with Gasteiger partial charge >= 0.3 is 0 Å². The molecule has 0 aliphatic carbocycles.